The Hall–Kier alpha value is -2.99. The predicted octanol–water partition coefficient (Wildman–Crippen LogP) is 3.64. The smallest absolute Gasteiger partial charge is 0.255 e. The van der Waals surface area contributed by atoms with Crippen LogP contribution in [0.5, 0.6) is 0 Å². The molecule has 3 heterocycles. The lowest BCUT2D eigenvalue weighted by Crippen LogP contribution is -2.41. The van der Waals surface area contributed by atoms with Gasteiger partial charge in [0.15, 0.2) is 0 Å². The van der Waals surface area contributed by atoms with E-state index >= 15 is 0 Å². The molecule has 144 valence electrons. The SMILES string of the molecule is COC[C@@H]1CCCN(C(=O)c2ccc(-c3ccc(-c4ccn[nH]4)cc3)nc2)C1. The molecule has 1 aliphatic rings. The molecular formula is C22H24N4O2. The van der Waals surface area contributed by atoms with Crippen molar-refractivity contribution in [1.82, 2.24) is 20.1 Å². The molecule has 0 radical (unpaired) electrons. The van der Waals surface area contributed by atoms with Crippen LogP contribution in [0.3, 0.4) is 0 Å². The molecule has 1 aromatic carbocycles. The topological polar surface area (TPSA) is 71.1 Å². The number of hydrogen-bond acceptors (Lipinski definition) is 4. The summed E-state index contributed by atoms with van der Waals surface area (Å²) in [5.41, 5.74) is 4.55. The van der Waals surface area contributed by atoms with Crippen LogP contribution in [0, 0.1) is 5.92 Å². The molecule has 4 rings (SSSR count). The number of hydrogen-bond donors (Lipinski definition) is 1. The first-order valence-electron chi connectivity index (χ1n) is 9.59. The molecule has 3 aromatic rings. The Morgan fingerprint density at radius 3 is 2.68 bits per heavy atom. The third kappa shape index (κ3) is 3.97. The van der Waals surface area contributed by atoms with Crippen molar-refractivity contribution in [3.8, 4) is 22.5 Å². The number of likely N-dealkylation sites (tertiary alicyclic amines) is 1. The van der Waals surface area contributed by atoms with Gasteiger partial charge in [-0.2, -0.15) is 5.10 Å². The molecule has 1 saturated heterocycles. The van der Waals surface area contributed by atoms with Gasteiger partial charge in [0.25, 0.3) is 5.91 Å². The Labute approximate surface area is 164 Å². The highest BCUT2D eigenvalue weighted by Crippen LogP contribution is 2.23. The summed E-state index contributed by atoms with van der Waals surface area (Å²) < 4.78 is 5.26. The van der Waals surface area contributed by atoms with E-state index in [1.807, 2.05) is 47.4 Å². The summed E-state index contributed by atoms with van der Waals surface area (Å²) in [6.45, 7) is 2.26. The van der Waals surface area contributed by atoms with E-state index in [1.165, 1.54) is 0 Å². The van der Waals surface area contributed by atoms with E-state index in [2.05, 4.69) is 15.2 Å². The number of nitrogens with one attached hydrogen (secondary N) is 1. The summed E-state index contributed by atoms with van der Waals surface area (Å²) in [5, 5.41) is 6.94. The van der Waals surface area contributed by atoms with Crippen LogP contribution in [0.25, 0.3) is 22.5 Å². The Morgan fingerprint density at radius 1 is 1.18 bits per heavy atom. The first-order chi connectivity index (χ1) is 13.7. The highest BCUT2D eigenvalue weighted by Gasteiger charge is 2.24. The summed E-state index contributed by atoms with van der Waals surface area (Å²) in [6.07, 6.45) is 5.55. The van der Waals surface area contributed by atoms with Crippen LogP contribution in [-0.2, 0) is 4.74 Å². The normalized spacial score (nSPS) is 16.9. The number of rotatable bonds is 5. The van der Waals surface area contributed by atoms with E-state index in [0.717, 1.165) is 48.4 Å². The van der Waals surface area contributed by atoms with Gasteiger partial charge in [0.1, 0.15) is 0 Å². The molecule has 6 nitrogen and oxygen atoms in total. The van der Waals surface area contributed by atoms with Gasteiger partial charge in [0.05, 0.1) is 23.6 Å². The average molecular weight is 376 g/mol. The Bertz CT molecular complexity index is 903. The van der Waals surface area contributed by atoms with Crippen molar-refractivity contribution in [1.29, 1.82) is 0 Å². The minimum Gasteiger partial charge on any atom is -0.384 e. The second kappa shape index (κ2) is 8.35. The molecule has 0 bridgehead atoms. The number of methoxy groups -OCH3 is 1. The fourth-order valence-electron chi connectivity index (χ4n) is 3.73. The van der Waals surface area contributed by atoms with E-state index in [9.17, 15) is 4.79 Å². The monoisotopic (exact) mass is 376 g/mol. The van der Waals surface area contributed by atoms with Gasteiger partial charge in [-0.15, -0.1) is 0 Å². The Morgan fingerprint density at radius 2 is 2.00 bits per heavy atom. The minimum absolute atomic E-state index is 0.0504. The van der Waals surface area contributed by atoms with Crippen molar-refractivity contribution >= 4 is 5.91 Å². The van der Waals surface area contributed by atoms with E-state index in [1.54, 1.807) is 19.5 Å². The lowest BCUT2D eigenvalue weighted by molar-refractivity contribution is 0.0570. The largest absolute Gasteiger partial charge is 0.384 e. The van der Waals surface area contributed by atoms with Crippen molar-refractivity contribution in [3.05, 3.63) is 60.4 Å². The molecule has 1 N–H and O–H groups in total. The summed E-state index contributed by atoms with van der Waals surface area (Å²) in [4.78, 5) is 19.2. The van der Waals surface area contributed by atoms with Crippen LogP contribution in [0.2, 0.25) is 0 Å². The van der Waals surface area contributed by atoms with Crippen molar-refractivity contribution in [3.63, 3.8) is 0 Å². The van der Waals surface area contributed by atoms with Gasteiger partial charge in [-0.25, -0.2) is 0 Å². The zero-order chi connectivity index (χ0) is 19.3. The van der Waals surface area contributed by atoms with Gasteiger partial charge in [0, 0.05) is 38.2 Å². The zero-order valence-corrected chi connectivity index (χ0v) is 16.0. The molecule has 28 heavy (non-hydrogen) atoms. The molecule has 1 aliphatic heterocycles. The lowest BCUT2D eigenvalue weighted by Gasteiger charge is -2.32. The standard InChI is InChI=1S/C22H24N4O2/c1-28-15-16-3-2-12-26(14-16)22(27)19-8-9-20(23-13-19)17-4-6-18(7-5-17)21-10-11-24-25-21/h4-11,13,16H,2-3,12,14-15H2,1H3,(H,24,25)/t16-/m1/s1. The minimum atomic E-state index is 0.0504. The Balaban J connectivity index is 1.45. The lowest BCUT2D eigenvalue weighted by atomic mass is 9.98. The van der Waals surface area contributed by atoms with E-state index in [0.29, 0.717) is 18.1 Å². The molecule has 0 saturated carbocycles. The van der Waals surface area contributed by atoms with E-state index < -0.39 is 0 Å². The number of amides is 1. The third-order valence-electron chi connectivity index (χ3n) is 5.21. The second-order valence-corrected chi connectivity index (χ2v) is 7.19. The average Bonchev–Trinajstić information content (AvgIpc) is 3.29. The fraction of sp³-hybridized carbons (Fsp3) is 0.318. The Kier molecular flexibility index (Phi) is 5.48. The summed E-state index contributed by atoms with van der Waals surface area (Å²) >= 11 is 0. The quantitative estimate of drug-likeness (QED) is 0.738. The molecule has 0 spiro atoms. The highest BCUT2D eigenvalue weighted by molar-refractivity contribution is 5.94. The van der Waals surface area contributed by atoms with Gasteiger partial charge in [0.2, 0.25) is 0 Å². The van der Waals surface area contributed by atoms with Gasteiger partial charge >= 0.3 is 0 Å². The van der Waals surface area contributed by atoms with Gasteiger partial charge in [-0.05, 0) is 42.5 Å². The molecule has 2 aromatic heterocycles. The molecule has 0 unspecified atom stereocenters. The van der Waals surface area contributed by atoms with Crippen LogP contribution in [-0.4, -0.2) is 52.8 Å². The molecule has 1 atom stereocenters. The number of aromatic nitrogens is 3. The number of carbonyl (C=O) groups is 1. The first kappa shape index (κ1) is 18.4. The summed E-state index contributed by atoms with van der Waals surface area (Å²) in [5.74, 6) is 0.470. The number of aromatic amines is 1. The van der Waals surface area contributed by atoms with Crippen LogP contribution >= 0.6 is 0 Å². The second-order valence-electron chi connectivity index (χ2n) is 7.19. The predicted molar refractivity (Wildman–Crippen MR) is 108 cm³/mol. The van der Waals surface area contributed by atoms with Crippen molar-refractivity contribution in [2.45, 2.75) is 12.8 Å². The van der Waals surface area contributed by atoms with E-state index in [4.69, 9.17) is 4.74 Å². The third-order valence-corrected chi connectivity index (χ3v) is 5.21. The van der Waals surface area contributed by atoms with Gasteiger partial charge < -0.3 is 9.64 Å². The number of piperidine rings is 1. The number of carbonyl (C=O) groups excluding carboxylic acids is 1. The number of pyridine rings is 1. The van der Waals surface area contributed by atoms with Crippen molar-refractivity contribution in [2.75, 3.05) is 26.8 Å². The highest BCUT2D eigenvalue weighted by atomic mass is 16.5. The van der Waals surface area contributed by atoms with Crippen molar-refractivity contribution in [2.24, 2.45) is 5.92 Å². The zero-order valence-electron chi connectivity index (χ0n) is 16.0. The van der Waals surface area contributed by atoms with Crippen LogP contribution in [0.1, 0.15) is 23.2 Å². The van der Waals surface area contributed by atoms with Crippen molar-refractivity contribution < 1.29 is 9.53 Å². The van der Waals surface area contributed by atoms with Gasteiger partial charge in [-0.1, -0.05) is 24.3 Å². The molecule has 1 fully saturated rings. The van der Waals surface area contributed by atoms with Crippen LogP contribution in [0.4, 0.5) is 0 Å². The maximum absolute atomic E-state index is 12.8. The first-order valence-corrected chi connectivity index (χ1v) is 9.59. The van der Waals surface area contributed by atoms with Gasteiger partial charge in [-0.3, -0.25) is 14.9 Å². The summed E-state index contributed by atoms with van der Waals surface area (Å²) in [6, 6.07) is 13.8. The fourth-order valence-corrected chi connectivity index (χ4v) is 3.73. The number of benzene rings is 1. The number of ether oxygens (including phenoxy) is 1. The molecule has 0 aliphatic carbocycles. The number of nitrogens with zero attached hydrogens (tertiary/aromatic N) is 3. The van der Waals surface area contributed by atoms with Crippen LogP contribution in [0.15, 0.2) is 54.9 Å². The molecule has 1 amide bonds. The number of H-pyrrole nitrogens is 1. The molecular weight excluding hydrogens is 352 g/mol. The maximum atomic E-state index is 12.8. The summed E-state index contributed by atoms with van der Waals surface area (Å²) in [7, 11) is 1.71. The maximum Gasteiger partial charge on any atom is 0.255 e. The molecule has 6 heteroatoms. The van der Waals surface area contributed by atoms with Crippen LogP contribution < -0.4 is 0 Å². The van der Waals surface area contributed by atoms with E-state index in [-0.39, 0.29) is 5.91 Å².